The molecule has 0 atom stereocenters. The van der Waals surface area contributed by atoms with Crippen molar-refractivity contribution < 1.29 is 8.42 Å². The van der Waals surface area contributed by atoms with Crippen molar-refractivity contribution in [3.63, 3.8) is 0 Å². The molecule has 0 spiro atoms. The molecular weight excluding hydrogens is 306 g/mol. The number of H-pyrrole nitrogens is 1. The molecule has 5 nitrogen and oxygen atoms in total. The number of para-hydroxylation sites is 1. The van der Waals surface area contributed by atoms with Gasteiger partial charge in [-0.3, -0.25) is 9.40 Å². The molecule has 0 amide bonds. The summed E-state index contributed by atoms with van der Waals surface area (Å²) in [5.41, 5.74) is 4.17. The summed E-state index contributed by atoms with van der Waals surface area (Å²) >= 11 is 1.57. The lowest BCUT2D eigenvalue weighted by Gasteiger charge is -2.32. The number of nitrogens with one attached hydrogen (secondary N) is 1. The Balaban J connectivity index is 2.12. The van der Waals surface area contributed by atoms with Crippen LogP contribution in [0.3, 0.4) is 0 Å². The predicted molar refractivity (Wildman–Crippen MR) is 85.2 cm³/mol. The molecule has 2 aliphatic heterocycles. The second-order valence-corrected chi connectivity index (χ2v) is 8.00. The molecule has 0 saturated carbocycles. The molecule has 1 aromatic heterocycles. The molecule has 2 aromatic rings. The topological polar surface area (TPSA) is 66.1 Å². The highest BCUT2D eigenvalue weighted by atomic mass is 32.2. The zero-order chi connectivity index (χ0) is 14.8. The van der Waals surface area contributed by atoms with Gasteiger partial charge in [0.25, 0.3) is 10.0 Å². The molecule has 0 bridgehead atoms. The Morgan fingerprint density at radius 2 is 2.10 bits per heavy atom. The number of aromatic nitrogens is 2. The van der Waals surface area contributed by atoms with E-state index in [4.69, 9.17) is 0 Å². The highest BCUT2D eigenvalue weighted by Gasteiger charge is 2.40. The fourth-order valence-corrected chi connectivity index (χ4v) is 5.92. The number of hydrogen-bond donors (Lipinski definition) is 1. The first kappa shape index (κ1) is 13.0. The van der Waals surface area contributed by atoms with Crippen LogP contribution in [0.4, 0.5) is 5.69 Å². The molecular formula is C14H13N3O2S2. The largest absolute Gasteiger partial charge is 0.282 e. The lowest BCUT2D eigenvalue weighted by Crippen LogP contribution is -2.32. The maximum atomic E-state index is 12.9. The zero-order valence-electron chi connectivity index (χ0n) is 11.5. The van der Waals surface area contributed by atoms with Gasteiger partial charge in [0.1, 0.15) is 10.6 Å². The summed E-state index contributed by atoms with van der Waals surface area (Å²) in [7, 11) is -1.97. The van der Waals surface area contributed by atoms with Gasteiger partial charge >= 0.3 is 0 Å². The number of fused-ring (bicyclic) bond motifs is 4. The Bertz CT molecular complexity index is 897. The van der Waals surface area contributed by atoms with E-state index in [2.05, 4.69) is 10.2 Å². The van der Waals surface area contributed by atoms with E-state index in [1.54, 1.807) is 18.8 Å². The van der Waals surface area contributed by atoms with Crippen molar-refractivity contribution in [2.24, 2.45) is 0 Å². The third-order valence-corrected chi connectivity index (χ3v) is 7.07. The van der Waals surface area contributed by atoms with Gasteiger partial charge in [-0.15, -0.1) is 11.8 Å². The van der Waals surface area contributed by atoms with E-state index >= 15 is 0 Å². The summed E-state index contributed by atoms with van der Waals surface area (Å²) in [5, 5.41) is 7.15. The number of nitrogens with zero attached hydrogens (tertiary/aromatic N) is 2. The van der Waals surface area contributed by atoms with Crippen LogP contribution < -0.4 is 4.31 Å². The van der Waals surface area contributed by atoms with E-state index in [1.807, 2.05) is 31.2 Å². The van der Waals surface area contributed by atoms with Gasteiger partial charge in [0.15, 0.2) is 0 Å². The fraction of sp³-hybridized carbons (Fsp3) is 0.214. The molecule has 21 heavy (non-hydrogen) atoms. The van der Waals surface area contributed by atoms with Crippen LogP contribution in [0, 0.1) is 6.92 Å². The Morgan fingerprint density at radius 1 is 1.33 bits per heavy atom. The first-order valence-electron chi connectivity index (χ1n) is 6.51. The third kappa shape index (κ3) is 1.58. The lowest BCUT2D eigenvalue weighted by atomic mass is 10.1. The highest BCUT2D eigenvalue weighted by Crippen LogP contribution is 2.52. The predicted octanol–water partition coefficient (Wildman–Crippen LogP) is 2.57. The fourth-order valence-electron chi connectivity index (χ4n) is 2.78. The van der Waals surface area contributed by atoms with Crippen LogP contribution in [0.5, 0.6) is 0 Å². The smallest absolute Gasteiger partial charge is 0.267 e. The maximum Gasteiger partial charge on any atom is 0.267 e. The summed E-state index contributed by atoms with van der Waals surface area (Å²) in [4.78, 5) is 1.14. The number of rotatable bonds is 0. The van der Waals surface area contributed by atoms with Crippen LogP contribution in [0.25, 0.3) is 9.81 Å². The maximum absolute atomic E-state index is 12.9. The van der Waals surface area contributed by atoms with Crippen molar-refractivity contribution in [3.8, 4) is 0 Å². The van der Waals surface area contributed by atoms with Gasteiger partial charge < -0.3 is 0 Å². The minimum Gasteiger partial charge on any atom is -0.282 e. The second-order valence-electron chi connectivity index (χ2n) is 5.11. The molecule has 0 radical (unpaired) electrons. The summed E-state index contributed by atoms with van der Waals surface area (Å²) < 4.78 is 27.1. The van der Waals surface area contributed by atoms with Gasteiger partial charge in [-0.05, 0) is 13.0 Å². The summed E-state index contributed by atoms with van der Waals surface area (Å²) in [6, 6.07) is 7.59. The lowest BCUT2D eigenvalue weighted by molar-refractivity contribution is 0.604. The van der Waals surface area contributed by atoms with Crippen LogP contribution >= 0.6 is 11.8 Å². The van der Waals surface area contributed by atoms with Gasteiger partial charge in [-0.2, -0.15) is 5.10 Å². The van der Waals surface area contributed by atoms with Gasteiger partial charge in [0.05, 0.1) is 5.69 Å². The Morgan fingerprint density at radius 3 is 2.90 bits per heavy atom. The van der Waals surface area contributed by atoms with E-state index < -0.39 is 10.0 Å². The van der Waals surface area contributed by atoms with E-state index in [0.29, 0.717) is 10.6 Å². The van der Waals surface area contributed by atoms with E-state index in [9.17, 15) is 8.42 Å². The Labute approximate surface area is 127 Å². The van der Waals surface area contributed by atoms with Crippen molar-refractivity contribution in [3.05, 3.63) is 46.8 Å². The summed E-state index contributed by atoms with van der Waals surface area (Å²) in [6.45, 7) is 1.92. The van der Waals surface area contributed by atoms with Crippen LogP contribution in [0.1, 0.15) is 22.5 Å². The van der Waals surface area contributed by atoms with Crippen molar-refractivity contribution in [2.45, 2.75) is 12.7 Å². The molecule has 1 aromatic carbocycles. The van der Waals surface area contributed by atoms with Crippen LogP contribution in [-0.2, 0) is 15.8 Å². The van der Waals surface area contributed by atoms with Crippen LogP contribution in [0.15, 0.2) is 24.3 Å². The van der Waals surface area contributed by atoms with Crippen molar-refractivity contribution in [2.75, 3.05) is 11.4 Å². The van der Waals surface area contributed by atoms with Crippen LogP contribution in [0.2, 0.25) is 0 Å². The molecule has 108 valence electrons. The highest BCUT2D eigenvalue weighted by molar-refractivity contribution is 8.11. The molecule has 7 heteroatoms. The number of benzene rings is 1. The standard InChI is InChI=1S/C14H13N3O2S2/c1-8-10-7-20-13-9-5-3-4-6-11(9)17(2)21(18,19)14(13)12(10)16-15-8/h3-6H,7H2,1-2H3,(H,15,16). The van der Waals surface area contributed by atoms with Crippen molar-refractivity contribution in [1.82, 2.24) is 10.2 Å². The molecule has 1 N–H and O–H groups in total. The monoisotopic (exact) mass is 319 g/mol. The number of thioether (sulfide) groups is 1. The average molecular weight is 319 g/mol. The molecule has 3 heterocycles. The minimum absolute atomic E-state index is 0.333. The zero-order valence-corrected chi connectivity index (χ0v) is 13.2. The normalized spacial score (nSPS) is 19.0. The number of hydrogen-bond acceptors (Lipinski definition) is 4. The number of aryl methyl sites for hydroxylation is 1. The average Bonchev–Trinajstić information content (AvgIpc) is 2.86. The molecule has 0 aliphatic carbocycles. The van der Waals surface area contributed by atoms with Crippen molar-refractivity contribution >= 4 is 37.3 Å². The molecule has 0 fully saturated rings. The molecule has 2 aliphatic rings. The number of anilines is 1. The van der Waals surface area contributed by atoms with E-state index in [-0.39, 0.29) is 0 Å². The molecule has 0 unspecified atom stereocenters. The van der Waals surface area contributed by atoms with Crippen LogP contribution in [-0.4, -0.2) is 25.7 Å². The van der Waals surface area contributed by atoms with Gasteiger partial charge in [-0.1, -0.05) is 18.2 Å². The van der Waals surface area contributed by atoms with E-state index in [1.165, 1.54) is 4.31 Å². The third-order valence-electron chi connectivity index (χ3n) is 3.96. The Hall–Kier alpha value is -1.73. The number of aromatic amines is 1. The number of sulfonamides is 1. The molecule has 0 saturated heterocycles. The van der Waals surface area contributed by atoms with E-state index in [0.717, 1.165) is 33.2 Å². The minimum atomic E-state index is -3.57. The Kier molecular flexibility index (Phi) is 2.56. The van der Waals surface area contributed by atoms with Crippen molar-refractivity contribution in [1.29, 1.82) is 0 Å². The molecule has 4 rings (SSSR count). The van der Waals surface area contributed by atoms with Gasteiger partial charge in [0, 0.05) is 34.5 Å². The van der Waals surface area contributed by atoms with Gasteiger partial charge in [-0.25, -0.2) is 8.42 Å². The first-order valence-corrected chi connectivity index (χ1v) is 8.94. The summed E-state index contributed by atoms with van der Waals surface area (Å²) in [6.07, 6.45) is 0. The van der Waals surface area contributed by atoms with Gasteiger partial charge in [0.2, 0.25) is 0 Å². The second kappa shape index (κ2) is 4.14. The quantitative estimate of drug-likeness (QED) is 0.810. The SMILES string of the molecule is Cc1[nH]nc2c1CSC1=C2S(=O)(=O)N(C)c2ccccc21. The first-order chi connectivity index (χ1) is 10.0. The summed E-state index contributed by atoms with van der Waals surface area (Å²) in [5.74, 6) is 0.740.